The molecule has 136 valence electrons. The maximum atomic E-state index is 12.6. The minimum absolute atomic E-state index is 0.120. The van der Waals surface area contributed by atoms with Gasteiger partial charge in [0.15, 0.2) is 8.32 Å². The second kappa shape index (κ2) is 8.77. The van der Waals surface area contributed by atoms with Crippen molar-refractivity contribution in [3.05, 3.63) is 0 Å². The van der Waals surface area contributed by atoms with Gasteiger partial charge >= 0.3 is 0 Å². The molecule has 3 nitrogen and oxygen atoms in total. The fourth-order valence-corrected chi connectivity index (χ4v) is 4.73. The topological polar surface area (TPSA) is 46.5 Å². The third kappa shape index (κ3) is 5.68. The first-order chi connectivity index (χ1) is 10.6. The molecular formula is C19H38O3Si. The van der Waals surface area contributed by atoms with Gasteiger partial charge < -0.3 is 9.53 Å². The maximum Gasteiger partial charge on any atom is 0.192 e. The number of hydrogen-bond acceptors (Lipinski definition) is 3. The van der Waals surface area contributed by atoms with Crippen LogP contribution in [0.3, 0.4) is 0 Å². The van der Waals surface area contributed by atoms with E-state index in [-0.39, 0.29) is 23.7 Å². The quantitative estimate of drug-likeness (QED) is 0.477. The number of ketones is 1. The minimum Gasteiger partial charge on any atom is -0.413 e. The molecule has 0 radical (unpaired) electrons. The van der Waals surface area contributed by atoms with Crippen LogP contribution in [0.1, 0.15) is 72.6 Å². The zero-order chi connectivity index (χ0) is 17.7. The van der Waals surface area contributed by atoms with Crippen molar-refractivity contribution in [2.45, 2.75) is 96.9 Å². The number of Topliss-reactive ketones (excluding diaryl/α,β-unsaturated/α-hetero) is 1. The molecule has 0 saturated heterocycles. The summed E-state index contributed by atoms with van der Waals surface area (Å²) in [4.78, 5) is 12.6. The summed E-state index contributed by atoms with van der Waals surface area (Å²) in [6.45, 7) is 13.8. The first kappa shape index (κ1) is 20.9. The first-order valence-corrected chi connectivity index (χ1v) is 12.4. The molecular weight excluding hydrogens is 304 g/mol. The molecule has 1 aliphatic carbocycles. The van der Waals surface area contributed by atoms with Gasteiger partial charge in [-0.05, 0) is 43.3 Å². The number of aliphatic hydroxyl groups is 1. The van der Waals surface area contributed by atoms with Crippen molar-refractivity contribution in [1.82, 2.24) is 0 Å². The van der Waals surface area contributed by atoms with Crippen molar-refractivity contribution < 1.29 is 14.3 Å². The van der Waals surface area contributed by atoms with Gasteiger partial charge in [0.05, 0.1) is 6.10 Å². The zero-order valence-electron chi connectivity index (χ0n) is 16.2. The van der Waals surface area contributed by atoms with E-state index in [4.69, 9.17) is 9.53 Å². The summed E-state index contributed by atoms with van der Waals surface area (Å²) in [5, 5.41) is 9.18. The lowest BCUT2D eigenvalue weighted by Gasteiger charge is -2.40. The SMILES string of the molecule is CCCCC1C(O[Si](C)(C)C(C)(C)C)CC(=O)C1CCCCO. The van der Waals surface area contributed by atoms with Crippen molar-refractivity contribution in [3.63, 3.8) is 0 Å². The summed E-state index contributed by atoms with van der Waals surface area (Å²) >= 11 is 0. The summed E-state index contributed by atoms with van der Waals surface area (Å²) in [7, 11) is -1.84. The third-order valence-corrected chi connectivity index (χ3v) is 10.4. The molecule has 0 spiro atoms. The average Bonchev–Trinajstić information content (AvgIpc) is 2.71. The van der Waals surface area contributed by atoms with Gasteiger partial charge in [0.2, 0.25) is 0 Å². The van der Waals surface area contributed by atoms with Crippen LogP contribution in [0.4, 0.5) is 0 Å². The second-order valence-electron chi connectivity index (χ2n) is 8.72. The standard InChI is InChI=1S/C19H38O3Si/c1-7-8-11-16-15(12-9-10-13-20)17(21)14-18(16)22-23(5,6)19(2,3)4/h15-16,18,20H,7-14H2,1-6H3. The molecule has 0 aromatic rings. The molecule has 0 aromatic carbocycles. The Morgan fingerprint density at radius 3 is 2.35 bits per heavy atom. The Balaban J connectivity index is 2.82. The second-order valence-corrected chi connectivity index (χ2v) is 13.5. The highest BCUT2D eigenvalue weighted by Gasteiger charge is 2.47. The van der Waals surface area contributed by atoms with E-state index in [1.807, 2.05) is 0 Å². The van der Waals surface area contributed by atoms with Crippen LogP contribution in [0.25, 0.3) is 0 Å². The van der Waals surface area contributed by atoms with Gasteiger partial charge in [-0.2, -0.15) is 0 Å². The van der Waals surface area contributed by atoms with Crippen LogP contribution in [0.5, 0.6) is 0 Å². The molecule has 4 heteroatoms. The normalized spacial score (nSPS) is 26.0. The van der Waals surface area contributed by atoms with Crippen molar-refractivity contribution in [3.8, 4) is 0 Å². The van der Waals surface area contributed by atoms with E-state index >= 15 is 0 Å². The number of carbonyl (C=O) groups excluding carboxylic acids is 1. The van der Waals surface area contributed by atoms with Crippen LogP contribution in [-0.4, -0.2) is 31.9 Å². The summed E-state index contributed by atoms with van der Waals surface area (Å²) in [6.07, 6.45) is 6.84. The Morgan fingerprint density at radius 2 is 1.83 bits per heavy atom. The van der Waals surface area contributed by atoms with Crippen LogP contribution in [0.2, 0.25) is 18.1 Å². The predicted molar refractivity (Wildman–Crippen MR) is 99.1 cm³/mol. The molecule has 0 aromatic heterocycles. The third-order valence-electron chi connectivity index (χ3n) is 5.88. The Morgan fingerprint density at radius 1 is 1.17 bits per heavy atom. The van der Waals surface area contributed by atoms with Gasteiger partial charge in [0.1, 0.15) is 5.78 Å². The van der Waals surface area contributed by atoms with Gasteiger partial charge in [-0.25, -0.2) is 0 Å². The Labute approximate surface area is 144 Å². The van der Waals surface area contributed by atoms with Gasteiger partial charge in [-0.1, -0.05) is 47.0 Å². The van der Waals surface area contributed by atoms with Gasteiger partial charge in [0.25, 0.3) is 0 Å². The lowest BCUT2D eigenvalue weighted by Crippen LogP contribution is -2.45. The molecule has 1 fully saturated rings. The molecule has 0 bridgehead atoms. The summed E-state index contributed by atoms with van der Waals surface area (Å²) in [6, 6.07) is 0. The monoisotopic (exact) mass is 342 g/mol. The maximum absolute atomic E-state index is 12.6. The van der Waals surface area contributed by atoms with Crippen LogP contribution in [0.15, 0.2) is 0 Å². The Bertz CT molecular complexity index is 373. The van der Waals surface area contributed by atoms with Crippen molar-refractivity contribution in [2.75, 3.05) is 6.61 Å². The summed E-state index contributed by atoms with van der Waals surface area (Å²) in [5.74, 6) is 0.936. The molecule has 1 aliphatic rings. The number of hydrogen-bond donors (Lipinski definition) is 1. The molecule has 0 heterocycles. The largest absolute Gasteiger partial charge is 0.413 e. The van der Waals surface area contributed by atoms with Crippen molar-refractivity contribution >= 4 is 14.1 Å². The number of aliphatic hydroxyl groups excluding tert-OH is 1. The molecule has 0 amide bonds. The molecule has 1 saturated carbocycles. The summed E-state index contributed by atoms with van der Waals surface area (Å²) < 4.78 is 6.65. The molecule has 1 rings (SSSR count). The molecule has 0 aliphatic heterocycles. The average molecular weight is 343 g/mol. The lowest BCUT2D eigenvalue weighted by molar-refractivity contribution is -0.121. The van der Waals surface area contributed by atoms with E-state index in [2.05, 4.69) is 40.8 Å². The number of unbranched alkanes of at least 4 members (excludes halogenated alkanes) is 2. The molecule has 3 unspecified atom stereocenters. The Kier molecular flexibility index (Phi) is 7.95. The van der Waals surface area contributed by atoms with Crippen LogP contribution < -0.4 is 0 Å². The van der Waals surface area contributed by atoms with Gasteiger partial charge in [-0.15, -0.1) is 0 Å². The van der Waals surface area contributed by atoms with Crippen molar-refractivity contribution in [1.29, 1.82) is 0 Å². The lowest BCUT2D eigenvalue weighted by atomic mass is 9.86. The fourth-order valence-electron chi connectivity index (χ4n) is 3.36. The number of rotatable bonds is 9. The minimum atomic E-state index is -1.84. The van der Waals surface area contributed by atoms with Crippen LogP contribution in [0, 0.1) is 11.8 Å². The van der Waals surface area contributed by atoms with E-state index in [0.717, 1.165) is 25.7 Å². The van der Waals surface area contributed by atoms with E-state index in [1.54, 1.807) is 0 Å². The molecule has 23 heavy (non-hydrogen) atoms. The molecule has 3 atom stereocenters. The summed E-state index contributed by atoms with van der Waals surface area (Å²) in [5.41, 5.74) is 0. The fraction of sp³-hybridized carbons (Fsp3) is 0.947. The van der Waals surface area contributed by atoms with Gasteiger partial charge in [0, 0.05) is 18.9 Å². The first-order valence-electron chi connectivity index (χ1n) is 9.45. The van der Waals surface area contributed by atoms with E-state index in [0.29, 0.717) is 18.1 Å². The highest BCUT2D eigenvalue weighted by molar-refractivity contribution is 6.74. The van der Waals surface area contributed by atoms with Crippen LogP contribution >= 0.6 is 0 Å². The number of carbonyl (C=O) groups is 1. The predicted octanol–water partition coefficient (Wildman–Crippen LogP) is 4.93. The zero-order valence-corrected chi connectivity index (χ0v) is 17.2. The van der Waals surface area contributed by atoms with Crippen LogP contribution in [-0.2, 0) is 9.22 Å². The van der Waals surface area contributed by atoms with E-state index in [9.17, 15) is 4.79 Å². The highest BCUT2D eigenvalue weighted by atomic mass is 28.4. The smallest absolute Gasteiger partial charge is 0.192 e. The van der Waals surface area contributed by atoms with Gasteiger partial charge in [-0.3, -0.25) is 4.79 Å². The van der Waals surface area contributed by atoms with E-state index < -0.39 is 8.32 Å². The Hall–Kier alpha value is -0.193. The highest BCUT2D eigenvalue weighted by Crippen LogP contribution is 2.44. The molecule has 1 N–H and O–H groups in total. The van der Waals surface area contributed by atoms with E-state index in [1.165, 1.54) is 12.8 Å². The van der Waals surface area contributed by atoms with Crippen molar-refractivity contribution in [2.24, 2.45) is 11.8 Å².